The normalized spacial score (nSPS) is 25.4. The molecule has 0 amide bonds. The third-order valence-corrected chi connectivity index (χ3v) is 3.92. The molecular formula is C12H14ClIO2. The Bertz CT molecular complexity index is 370. The van der Waals surface area contributed by atoms with E-state index < -0.39 is 0 Å². The van der Waals surface area contributed by atoms with Crippen molar-refractivity contribution < 1.29 is 9.84 Å². The van der Waals surface area contributed by atoms with Crippen LogP contribution in [0.3, 0.4) is 0 Å². The van der Waals surface area contributed by atoms with Gasteiger partial charge in [0.1, 0.15) is 11.9 Å². The molecule has 4 heteroatoms. The molecule has 1 aromatic rings. The van der Waals surface area contributed by atoms with Gasteiger partial charge in [-0.05, 0) is 60.1 Å². The summed E-state index contributed by atoms with van der Waals surface area (Å²) in [5, 5.41) is 10.5. The summed E-state index contributed by atoms with van der Waals surface area (Å²) in [6.45, 7) is 0. The highest BCUT2D eigenvalue weighted by atomic mass is 127. The van der Waals surface area contributed by atoms with E-state index in [0.29, 0.717) is 5.02 Å². The molecule has 16 heavy (non-hydrogen) atoms. The van der Waals surface area contributed by atoms with E-state index >= 15 is 0 Å². The molecule has 1 N–H and O–H groups in total. The molecule has 2 nitrogen and oxygen atoms in total. The Kier molecular flexibility index (Phi) is 4.33. The average molecular weight is 353 g/mol. The third-order valence-electron chi connectivity index (χ3n) is 2.84. The van der Waals surface area contributed by atoms with E-state index in [1.165, 1.54) is 0 Å². The molecule has 0 saturated heterocycles. The zero-order valence-electron chi connectivity index (χ0n) is 8.83. The third kappa shape index (κ3) is 3.02. The average Bonchev–Trinajstić information content (AvgIpc) is 2.25. The first-order valence-corrected chi connectivity index (χ1v) is 6.92. The maximum absolute atomic E-state index is 9.82. The number of hydrogen-bond donors (Lipinski definition) is 1. The summed E-state index contributed by atoms with van der Waals surface area (Å²) >= 11 is 8.08. The van der Waals surface area contributed by atoms with Crippen LogP contribution < -0.4 is 4.74 Å². The van der Waals surface area contributed by atoms with E-state index in [0.717, 1.165) is 35.0 Å². The molecule has 1 saturated carbocycles. The van der Waals surface area contributed by atoms with Gasteiger partial charge < -0.3 is 9.84 Å². The fourth-order valence-corrected chi connectivity index (χ4v) is 2.95. The first-order valence-electron chi connectivity index (χ1n) is 5.46. The van der Waals surface area contributed by atoms with Gasteiger partial charge in [-0.15, -0.1) is 0 Å². The van der Waals surface area contributed by atoms with Crippen LogP contribution in [0.4, 0.5) is 0 Å². The molecule has 0 unspecified atom stereocenters. The summed E-state index contributed by atoms with van der Waals surface area (Å²) in [5.74, 6) is 0.816. The standard InChI is InChI=1S/C12H14ClIO2/c13-8-5-6-11(9(14)7-8)16-12-4-2-1-3-10(12)15/h5-7,10,12,15H,1-4H2/t10-,12-/m0/s1. The topological polar surface area (TPSA) is 29.5 Å². The van der Waals surface area contributed by atoms with Crippen LogP contribution in [0.1, 0.15) is 25.7 Å². The summed E-state index contributed by atoms with van der Waals surface area (Å²) in [7, 11) is 0. The number of hydrogen-bond acceptors (Lipinski definition) is 2. The van der Waals surface area contributed by atoms with Gasteiger partial charge in [0, 0.05) is 5.02 Å². The Balaban J connectivity index is 2.07. The Morgan fingerprint density at radius 1 is 1.31 bits per heavy atom. The highest BCUT2D eigenvalue weighted by molar-refractivity contribution is 14.1. The molecule has 0 bridgehead atoms. The van der Waals surface area contributed by atoms with Gasteiger partial charge in [0.05, 0.1) is 9.67 Å². The van der Waals surface area contributed by atoms with Gasteiger partial charge in [0.25, 0.3) is 0 Å². The molecule has 1 fully saturated rings. The van der Waals surface area contributed by atoms with E-state index in [2.05, 4.69) is 22.6 Å². The molecule has 0 aliphatic heterocycles. The first kappa shape index (κ1) is 12.5. The number of rotatable bonds is 2. The van der Waals surface area contributed by atoms with Crippen molar-refractivity contribution in [2.75, 3.05) is 0 Å². The molecule has 2 rings (SSSR count). The van der Waals surface area contributed by atoms with E-state index in [1.54, 1.807) is 0 Å². The highest BCUT2D eigenvalue weighted by Gasteiger charge is 2.25. The molecule has 88 valence electrons. The van der Waals surface area contributed by atoms with Crippen LogP contribution in [0, 0.1) is 3.57 Å². The molecule has 2 atom stereocenters. The summed E-state index contributed by atoms with van der Waals surface area (Å²) < 4.78 is 6.83. The minimum atomic E-state index is -0.333. The maximum Gasteiger partial charge on any atom is 0.133 e. The smallest absolute Gasteiger partial charge is 0.133 e. The van der Waals surface area contributed by atoms with Crippen LogP contribution in [-0.2, 0) is 0 Å². The SMILES string of the molecule is O[C@H]1CCCC[C@@H]1Oc1ccc(Cl)cc1I. The van der Waals surface area contributed by atoms with Crippen LogP contribution in [0.15, 0.2) is 18.2 Å². The quantitative estimate of drug-likeness (QED) is 0.824. The van der Waals surface area contributed by atoms with Gasteiger partial charge >= 0.3 is 0 Å². The van der Waals surface area contributed by atoms with Gasteiger partial charge in [-0.1, -0.05) is 18.0 Å². The Hall–Kier alpha value is -0.000000000000000111. The summed E-state index contributed by atoms with van der Waals surface area (Å²) in [6.07, 6.45) is 3.60. The van der Waals surface area contributed by atoms with E-state index in [1.807, 2.05) is 18.2 Å². The molecule has 0 spiro atoms. The number of halogens is 2. The van der Waals surface area contributed by atoms with E-state index in [4.69, 9.17) is 16.3 Å². The van der Waals surface area contributed by atoms with Crippen LogP contribution in [0.25, 0.3) is 0 Å². The lowest BCUT2D eigenvalue weighted by Gasteiger charge is -2.28. The number of benzene rings is 1. The van der Waals surface area contributed by atoms with Crippen molar-refractivity contribution in [3.8, 4) is 5.75 Å². The second kappa shape index (κ2) is 5.56. The van der Waals surface area contributed by atoms with Crippen molar-refractivity contribution in [1.82, 2.24) is 0 Å². The lowest BCUT2D eigenvalue weighted by Crippen LogP contribution is -2.34. The van der Waals surface area contributed by atoms with Gasteiger partial charge in [-0.25, -0.2) is 0 Å². The van der Waals surface area contributed by atoms with Crippen molar-refractivity contribution in [3.63, 3.8) is 0 Å². The van der Waals surface area contributed by atoms with Gasteiger partial charge in [-0.3, -0.25) is 0 Å². The monoisotopic (exact) mass is 352 g/mol. The van der Waals surface area contributed by atoms with Crippen molar-refractivity contribution >= 4 is 34.2 Å². The number of ether oxygens (including phenoxy) is 1. The molecule has 0 radical (unpaired) electrons. The van der Waals surface area contributed by atoms with E-state index in [-0.39, 0.29) is 12.2 Å². The van der Waals surface area contributed by atoms with Crippen molar-refractivity contribution in [2.45, 2.75) is 37.9 Å². The Labute approximate surface area is 114 Å². The van der Waals surface area contributed by atoms with Crippen LogP contribution >= 0.6 is 34.2 Å². The van der Waals surface area contributed by atoms with Crippen molar-refractivity contribution in [2.24, 2.45) is 0 Å². The second-order valence-electron chi connectivity index (χ2n) is 4.08. The molecule has 0 heterocycles. The molecular weight excluding hydrogens is 338 g/mol. The predicted molar refractivity (Wildman–Crippen MR) is 73.1 cm³/mol. The van der Waals surface area contributed by atoms with Crippen LogP contribution in [0.2, 0.25) is 5.02 Å². The minimum Gasteiger partial charge on any atom is -0.487 e. The summed E-state index contributed by atoms with van der Waals surface area (Å²) in [6, 6.07) is 5.55. The first-order chi connectivity index (χ1) is 7.66. The molecule has 0 aromatic heterocycles. The minimum absolute atomic E-state index is 0.0663. The fourth-order valence-electron chi connectivity index (χ4n) is 1.95. The van der Waals surface area contributed by atoms with E-state index in [9.17, 15) is 5.11 Å². The Morgan fingerprint density at radius 2 is 2.06 bits per heavy atom. The predicted octanol–water partition coefficient (Wildman–Crippen LogP) is 3.63. The fraction of sp³-hybridized carbons (Fsp3) is 0.500. The summed E-state index contributed by atoms with van der Waals surface area (Å²) in [4.78, 5) is 0. The van der Waals surface area contributed by atoms with Crippen LogP contribution in [0.5, 0.6) is 5.75 Å². The van der Waals surface area contributed by atoms with Crippen molar-refractivity contribution in [1.29, 1.82) is 0 Å². The molecule has 1 aromatic carbocycles. The number of aliphatic hydroxyl groups is 1. The van der Waals surface area contributed by atoms with Crippen molar-refractivity contribution in [3.05, 3.63) is 26.8 Å². The van der Waals surface area contributed by atoms with Gasteiger partial charge in [0.2, 0.25) is 0 Å². The summed E-state index contributed by atoms with van der Waals surface area (Å²) in [5.41, 5.74) is 0. The molecule has 1 aliphatic carbocycles. The maximum atomic E-state index is 9.82. The lowest BCUT2D eigenvalue weighted by molar-refractivity contribution is 0.00643. The van der Waals surface area contributed by atoms with Crippen LogP contribution in [-0.4, -0.2) is 17.3 Å². The lowest BCUT2D eigenvalue weighted by atomic mass is 9.95. The zero-order chi connectivity index (χ0) is 11.5. The van der Waals surface area contributed by atoms with Gasteiger partial charge in [-0.2, -0.15) is 0 Å². The number of aliphatic hydroxyl groups excluding tert-OH is 1. The second-order valence-corrected chi connectivity index (χ2v) is 5.68. The Morgan fingerprint density at radius 3 is 2.75 bits per heavy atom. The molecule has 1 aliphatic rings. The van der Waals surface area contributed by atoms with Gasteiger partial charge in [0.15, 0.2) is 0 Å². The zero-order valence-corrected chi connectivity index (χ0v) is 11.7. The largest absolute Gasteiger partial charge is 0.487 e. The highest BCUT2D eigenvalue weighted by Crippen LogP contribution is 2.29.